The van der Waals surface area contributed by atoms with Crippen LogP contribution >= 0.6 is 0 Å². The predicted molar refractivity (Wildman–Crippen MR) is 125 cm³/mol. The van der Waals surface area contributed by atoms with Crippen molar-refractivity contribution in [2.45, 2.75) is 45.6 Å². The Morgan fingerprint density at radius 3 is 1.97 bits per heavy atom. The number of carbonyl (C=O) groups is 3. The van der Waals surface area contributed by atoms with Gasteiger partial charge in [0.25, 0.3) is 5.91 Å². The van der Waals surface area contributed by atoms with Crippen LogP contribution in [0.25, 0.3) is 0 Å². The van der Waals surface area contributed by atoms with E-state index in [-0.39, 0.29) is 35.4 Å². The summed E-state index contributed by atoms with van der Waals surface area (Å²) >= 11 is 0. The van der Waals surface area contributed by atoms with Gasteiger partial charge in [0.2, 0.25) is 11.8 Å². The normalized spacial score (nSPS) is 15.2. The maximum Gasteiger partial charge on any atom is 0.253 e. The number of benzene rings is 2. The van der Waals surface area contributed by atoms with Crippen LogP contribution in [0.15, 0.2) is 48.5 Å². The number of nitrogens with zero attached hydrogens (tertiary/aromatic N) is 2. The first kappa shape index (κ1) is 24.4. The SMILES string of the molecule is CC(=O)N[C@H](Cc1ccc(F)cc1)C(=O)N1CCN(C(=O)c2ccc(C(C)(C)C)cc2)CC1. The summed E-state index contributed by atoms with van der Waals surface area (Å²) < 4.78 is 13.2. The average Bonchev–Trinajstić information content (AvgIpc) is 2.78. The molecule has 1 saturated heterocycles. The molecule has 3 rings (SSSR count). The number of nitrogens with one attached hydrogen (secondary N) is 1. The largest absolute Gasteiger partial charge is 0.344 e. The standard InChI is InChI=1S/C26H32FN3O3/c1-18(31)28-23(17-19-5-11-22(27)12-6-19)25(33)30-15-13-29(14-16-30)24(32)20-7-9-21(10-8-20)26(2,3)4/h5-12,23H,13-17H2,1-4H3,(H,28,31)/t23-/m1/s1. The van der Waals surface area contributed by atoms with Crippen molar-refractivity contribution in [1.29, 1.82) is 0 Å². The van der Waals surface area contributed by atoms with Crippen molar-refractivity contribution in [1.82, 2.24) is 15.1 Å². The molecule has 0 aliphatic carbocycles. The van der Waals surface area contributed by atoms with Crippen LogP contribution in [0.4, 0.5) is 4.39 Å². The molecule has 0 saturated carbocycles. The average molecular weight is 454 g/mol. The molecule has 1 atom stereocenters. The molecule has 0 radical (unpaired) electrons. The number of carbonyl (C=O) groups excluding carboxylic acids is 3. The van der Waals surface area contributed by atoms with Crippen LogP contribution in [0.5, 0.6) is 0 Å². The molecule has 0 aromatic heterocycles. The van der Waals surface area contributed by atoms with Gasteiger partial charge in [0, 0.05) is 45.1 Å². The minimum atomic E-state index is -0.736. The van der Waals surface area contributed by atoms with E-state index in [4.69, 9.17) is 0 Å². The van der Waals surface area contributed by atoms with Gasteiger partial charge in [-0.15, -0.1) is 0 Å². The van der Waals surface area contributed by atoms with Crippen molar-refractivity contribution in [3.63, 3.8) is 0 Å². The minimum Gasteiger partial charge on any atom is -0.344 e. The third-order valence-corrected chi connectivity index (χ3v) is 5.91. The lowest BCUT2D eigenvalue weighted by Gasteiger charge is -2.36. The molecule has 2 aromatic rings. The first-order valence-electron chi connectivity index (χ1n) is 11.2. The Kier molecular flexibility index (Phi) is 7.51. The fourth-order valence-electron chi connectivity index (χ4n) is 3.95. The molecular weight excluding hydrogens is 421 g/mol. The highest BCUT2D eigenvalue weighted by Crippen LogP contribution is 2.23. The zero-order valence-electron chi connectivity index (χ0n) is 19.7. The highest BCUT2D eigenvalue weighted by atomic mass is 19.1. The van der Waals surface area contributed by atoms with E-state index in [1.165, 1.54) is 24.6 Å². The molecule has 2 aromatic carbocycles. The van der Waals surface area contributed by atoms with E-state index in [1.807, 2.05) is 24.3 Å². The van der Waals surface area contributed by atoms with Crippen LogP contribution in [-0.2, 0) is 21.4 Å². The monoisotopic (exact) mass is 453 g/mol. The molecular formula is C26H32FN3O3. The molecule has 1 fully saturated rings. The number of piperazine rings is 1. The fourth-order valence-corrected chi connectivity index (χ4v) is 3.95. The summed E-state index contributed by atoms with van der Waals surface area (Å²) in [5, 5.41) is 2.71. The van der Waals surface area contributed by atoms with E-state index < -0.39 is 6.04 Å². The maximum atomic E-state index is 13.2. The van der Waals surface area contributed by atoms with Gasteiger partial charge in [-0.25, -0.2) is 4.39 Å². The van der Waals surface area contributed by atoms with Crippen LogP contribution in [0.3, 0.4) is 0 Å². The molecule has 6 nitrogen and oxygen atoms in total. The Morgan fingerprint density at radius 1 is 0.909 bits per heavy atom. The Balaban J connectivity index is 1.61. The van der Waals surface area contributed by atoms with Gasteiger partial charge in [-0.2, -0.15) is 0 Å². The molecule has 0 unspecified atom stereocenters. The third kappa shape index (κ3) is 6.40. The van der Waals surface area contributed by atoms with Crippen LogP contribution in [-0.4, -0.2) is 59.7 Å². The molecule has 1 N–H and O–H groups in total. The van der Waals surface area contributed by atoms with Gasteiger partial charge < -0.3 is 15.1 Å². The third-order valence-electron chi connectivity index (χ3n) is 5.91. The number of hydrogen-bond donors (Lipinski definition) is 1. The van der Waals surface area contributed by atoms with Gasteiger partial charge in [-0.3, -0.25) is 14.4 Å². The molecule has 33 heavy (non-hydrogen) atoms. The zero-order valence-corrected chi connectivity index (χ0v) is 19.7. The van der Waals surface area contributed by atoms with Crippen molar-refractivity contribution in [3.8, 4) is 0 Å². The highest BCUT2D eigenvalue weighted by molar-refractivity contribution is 5.94. The van der Waals surface area contributed by atoms with E-state index in [0.717, 1.165) is 5.56 Å². The molecule has 0 spiro atoms. The second-order valence-corrected chi connectivity index (χ2v) is 9.53. The molecule has 1 aliphatic rings. The quantitative estimate of drug-likeness (QED) is 0.756. The second kappa shape index (κ2) is 10.1. The smallest absolute Gasteiger partial charge is 0.253 e. The van der Waals surface area contributed by atoms with Crippen molar-refractivity contribution in [3.05, 3.63) is 71.0 Å². The molecule has 0 bridgehead atoms. The Hall–Kier alpha value is -3.22. The maximum absolute atomic E-state index is 13.2. The highest BCUT2D eigenvalue weighted by Gasteiger charge is 2.30. The second-order valence-electron chi connectivity index (χ2n) is 9.53. The van der Waals surface area contributed by atoms with Gasteiger partial charge in [0.05, 0.1) is 0 Å². The van der Waals surface area contributed by atoms with E-state index in [1.54, 1.807) is 21.9 Å². The van der Waals surface area contributed by atoms with Crippen LogP contribution in [0, 0.1) is 5.82 Å². The summed E-state index contributed by atoms with van der Waals surface area (Å²) in [5.41, 5.74) is 2.58. The molecule has 1 heterocycles. The summed E-state index contributed by atoms with van der Waals surface area (Å²) in [6.07, 6.45) is 0.276. The Morgan fingerprint density at radius 2 is 1.45 bits per heavy atom. The van der Waals surface area contributed by atoms with Crippen molar-refractivity contribution < 1.29 is 18.8 Å². The van der Waals surface area contributed by atoms with Gasteiger partial charge >= 0.3 is 0 Å². The van der Waals surface area contributed by atoms with E-state index in [0.29, 0.717) is 31.7 Å². The van der Waals surface area contributed by atoms with Crippen molar-refractivity contribution in [2.75, 3.05) is 26.2 Å². The number of rotatable bonds is 5. The van der Waals surface area contributed by atoms with E-state index >= 15 is 0 Å². The Bertz CT molecular complexity index is 989. The molecule has 176 valence electrons. The first-order chi connectivity index (χ1) is 15.5. The summed E-state index contributed by atoms with van der Waals surface area (Å²) in [7, 11) is 0. The molecule has 3 amide bonds. The number of hydrogen-bond acceptors (Lipinski definition) is 3. The summed E-state index contributed by atoms with van der Waals surface area (Å²) in [6.45, 7) is 9.39. The Labute approximate surface area is 194 Å². The summed E-state index contributed by atoms with van der Waals surface area (Å²) in [5.74, 6) is -0.901. The van der Waals surface area contributed by atoms with E-state index in [9.17, 15) is 18.8 Å². The lowest BCUT2D eigenvalue weighted by molar-refractivity contribution is -0.137. The van der Waals surface area contributed by atoms with Gasteiger partial charge in [-0.05, 0) is 40.8 Å². The first-order valence-corrected chi connectivity index (χ1v) is 11.2. The van der Waals surface area contributed by atoms with Gasteiger partial charge in [-0.1, -0.05) is 45.0 Å². The predicted octanol–water partition coefficient (Wildman–Crippen LogP) is 3.16. The van der Waals surface area contributed by atoms with Gasteiger partial charge in [0.15, 0.2) is 0 Å². The lowest BCUT2D eigenvalue weighted by Crippen LogP contribution is -2.56. The van der Waals surface area contributed by atoms with Crippen molar-refractivity contribution in [2.24, 2.45) is 0 Å². The topological polar surface area (TPSA) is 69.7 Å². The molecule has 7 heteroatoms. The van der Waals surface area contributed by atoms with E-state index in [2.05, 4.69) is 26.1 Å². The fraction of sp³-hybridized carbons (Fsp3) is 0.423. The molecule has 1 aliphatic heterocycles. The van der Waals surface area contributed by atoms with Gasteiger partial charge in [0.1, 0.15) is 11.9 Å². The minimum absolute atomic E-state index is 0.0198. The summed E-state index contributed by atoms with van der Waals surface area (Å²) in [6, 6.07) is 12.8. The number of halogens is 1. The van der Waals surface area contributed by atoms with Crippen LogP contribution in [0.1, 0.15) is 49.2 Å². The van der Waals surface area contributed by atoms with Crippen LogP contribution in [0.2, 0.25) is 0 Å². The summed E-state index contributed by atoms with van der Waals surface area (Å²) in [4.78, 5) is 41.1. The lowest BCUT2D eigenvalue weighted by atomic mass is 9.86. The van der Waals surface area contributed by atoms with Crippen molar-refractivity contribution >= 4 is 17.7 Å². The van der Waals surface area contributed by atoms with Crippen LogP contribution < -0.4 is 5.32 Å². The zero-order chi connectivity index (χ0) is 24.2. The number of amides is 3.